The summed E-state index contributed by atoms with van der Waals surface area (Å²) < 4.78 is 10.8. The number of anilines is 1. The minimum absolute atomic E-state index is 0.185. The molecular formula is C20H27N5O3. The first-order valence-electron chi connectivity index (χ1n) is 9.83. The average molecular weight is 385 g/mol. The second kappa shape index (κ2) is 7.69. The molecule has 2 fully saturated rings. The highest BCUT2D eigenvalue weighted by molar-refractivity contribution is 5.92. The van der Waals surface area contributed by atoms with Gasteiger partial charge >= 0.3 is 6.03 Å². The van der Waals surface area contributed by atoms with Gasteiger partial charge in [-0.3, -0.25) is 0 Å². The molecule has 28 heavy (non-hydrogen) atoms. The molecule has 0 spiro atoms. The lowest BCUT2D eigenvalue weighted by Crippen LogP contribution is -2.46. The number of carbonyl (C=O) groups is 1. The summed E-state index contributed by atoms with van der Waals surface area (Å²) in [5.41, 5.74) is 0.832. The molecular weight excluding hydrogens is 358 g/mol. The van der Waals surface area contributed by atoms with E-state index < -0.39 is 0 Å². The number of aromatic nitrogens is 2. The van der Waals surface area contributed by atoms with Gasteiger partial charge in [0.15, 0.2) is 11.5 Å². The molecule has 0 N–H and O–H groups in total. The van der Waals surface area contributed by atoms with Crippen LogP contribution in [0, 0.1) is 0 Å². The summed E-state index contributed by atoms with van der Waals surface area (Å²) in [6.45, 7) is 6.22. The van der Waals surface area contributed by atoms with E-state index in [1.807, 2.05) is 28.9 Å². The third kappa shape index (κ3) is 3.16. The summed E-state index contributed by atoms with van der Waals surface area (Å²) in [4.78, 5) is 27.7. The number of ether oxygens (including phenoxy) is 2. The second-order valence-electron chi connectivity index (χ2n) is 7.20. The zero-order valence-electron chi connectivity index (χ0n) is 16.7. The molecule has 0 radical (unpaired) electrons. The van der Waals surface area contributed by atoms with Gasteiger partial charge in [-0.1, -0.05) is 0 Å². The molecule has 0 unspecified atom stereocenters. The quantitative estimate of drug-likeness (QED) is 0.787. The summed E-state index contributed by atoms with van der Waals surface area (Å²) in [5.74, 6) is 2.24. The smallest absolute Gasteiger partial charge is 0.320 e. The van der Waals surface area contributed by atoms with Crippen molar-refractivity contribution in [2.45, 2.75) is 25.8 Å². The number of fused-ring (bicyclic) bond motifs is 1. The van der Waals surface area contributed by atoms with Crippen molar-refractivity contribution >= 4 is 22.8 Å². The molecule has 8 heteroatoms. The van der Waals surface area contributed by atoms with Crippen LogP contribution in [0.1, 0.15) is 19.8 Å². The van der Waals surface area contributed by atoms with E-state index in [0.29, 0.717) is 17.5 Å². The fourth-order valence-corrected chi connectivity index (χ4v) is 4.24. The molecule has 0 saturated carbocycles. The van der Waals surface area contributed by atoms with Gasteiger partial charge in [0.05, 0.1) is 19.7 Å². The number of hydrogen-bond acceptors (Lipinski definition) is 6. The number of likely N-dealkylation sites (N-methyl/N-ethyl adjacent to an activating group) is 1. The molecule has 2 aliphatic rings. The fourth-order valence-electron chi connectivity index (χ4n) is 4.24. The monoisotopic (exact) mass is 385 g/mol. The van der Waals surface area contributed by atoms with E-state index in [4.69, 9.17) is 9.47 Å². The highest BCUT2D eigenvalue weighted by Crippen LogP contribution is 2.35. The van der Waals surface area contributed by atoms with Crippen molar-refractivity contribution in [3.05, 3.63) is 18.5 Å². The largest absolute Gasteiger partial charge is 0.493 e. The van der Waals surface area contributed by atoms with Crippen LogP contribution in [0.5, 0.6) is 11.5 Å². The van der Waals surface area contributed by atoms with Crippen LogP contribution in [0.3, 0.4) is 0 Å². The topological polar surface area (TPSA) is 71.0 Å². The van der Waals surface area contributed by atoms with Crippen LogP contribution in [0.25, 0.3) is 10.9 Å². The maximum Gasteiger partial charge on any atom is 0.320 e. The third-order valence-electron chi connectivity index (χ3n) is 5.83. The summed E-state index contributed by atoms with van der Waals surface area (Å²) in [6, 6.07) is 4.32. The van der Waals surface area contributed by atoms with Crippen LogP contribution >= 0.6 is 0 Å². The molecule has 0 bridgehead atoms. The Kier molecular flexibility index (Phi) is 5.11. The number of piperidine rings is 1. The SMILES string of the molecule is CCN1CCN(C2CCN(c3ncnc4cc(OC)c(OC)cc34)CC2)C1=O. The first kappa shape index (κ1) is 18.6. The van der Waals surface area contributed by atoms with Crippen molar-refractivity contribution in [3.63, 3.8) is 0 Å². The van der Waals surface area contributed by atoms with E-state index >= 15 is 0 Å². The van der Waals surface area contributed by atoms with E-state index in [1.165, 1.54) is 0 Å². The van der Waals surface area contributed by atoms with E-state index in [2.05, 4.69) is 14.9 Å². The van der Waals surface area contributed by atoms with Crippen molar-refractivity contribution in [3.8, 4) is 11.5 Å². The highest BCUT2D eigenvalue weighted by atomic mass is 16.5. The maximum absolute atomic E-state index is 12.5. The van der Waals surface area contributed by atoms with Crippen LogP contribution in [-0.4, -0.2) is 78.8 Å². The predicted octanol–water partition coefficient (Wildman–Crippen LogP) is 2.37. The third-order valence-corrected chi connectivity index (χ3v) is 5.83. The molecule has 2 saturated heterocycles. The summed E-state index contributed by atoms with van der Waals surface area (Å²) in [6.07, 6.45) is 3.49. The summed E-state index contributed by atoms with van der Waals surface area (Å²) >= 11 is 0. The predicted molar refractivity (Wildman–Crippen MR) is 107 cm³/mol. The van der Waals surface area contributed by atoms with Crippen LogP contribution < -0.4 is 14.4 Å². The van der Waals surface area contributed by atoms with Crippen molar-refractivity contribution in [2.75, 3.05) is 51.8 Å². The second-order valence-corrected chi connectivity index (χ2v) is 7.20. The molecule has 1 aromatic heterocycles. The zero-order valence-corrected chi connectivity index (χ0v) is 16.7. The first-order valence-corrected chi connectivity index (χ1v) is 9.83. The van der Waals surface area contributed by atoms with Crippen molar-refractivity contribution < 1.29 is 14.3 Å². The van der Waals surface area contributed by atoms with Gasteiger partial charge in [-0.25, -0.2) is 14.8 Å². The number of carbonyl (C=O) groups excluding carboxylic acids is 1. The van der Waals surface area contributed by atoms with E-state index in [-0.39, 0.29) is 6.03 Å². The normalized spacial score (nSPS) is 18.2. The maximum atomic E-state index is 12.5. The molecule has 1 aromatic carbocycles. The Morgan fingerprint density at radius 3 is 2.39 bits per heavy atom. The number of methoxy groups -OCH3 is 2. The number of rotatable bonds is 5. The molecule has 2 aliphatic heterocycles. The number of nitrogens with zero attached hydrogens (tertiary/aromatic N) is 5. The Bertz CT molecular complexity index is 866. The van der Waals surface area contributed by atoms with Gasteiger partial charge in [0.1, 0.15) is 12.1 Å². The molecule has 3 heterocycles. The number of hydrogen-bond donors (Lipinski definition) is 0. The van der Waals surface area contributed by atoms with Gasteiger partial charge < -0.3 is 24.2 Å². The Morgan fingerprint density at radius 1 is 1.04 bits per heavy atom. The van der Waals surface area contributed by atoms with E-state index in [0.717, 1.165) is 62.3 Å². The minimum Gasteiger partial charge on any atom is -0.493 e. The molecule has 2 amide bonds. The molecule has 8 nitrogen and oxygen atoms in total. The van der Waals surface area contributed by atoms with Gasteiger partial charge in [0, 0.05) is 50.2 Å². The summed E-state index contributed by atoms with van der Waals surface area (Å²) in [7, 11) is 3.25. The van der Waals surface area contributed by atoms with Gasteiger partial charge in [-0.05, 0) is 25.8 Å². The molecule has 4 rings (SSSR count). The lowest BCUT2D eigenvalue weighted by molar-refractivity contribution is 0.169. The van der Waals surface area contributed by atoms with E-state index in [1.54, 1.807) is 20.5 Å². The number of urea groups is 1. The van der Waals surface area contributed by atoms with Gasteiger partial charge in [0.25, 0.3) is 0 Å². The molecule has 0 atom stereocenters. The minimum atomic E-state index is 0.185. The highest BCUT2D eigenvalue weighted by Gasteiger charge is 2.35. The summed E-state index contributed by atoms with van der Waals surface area (Å²) in [5, 5.41) is 0.952. The molecule has 2 aromatic rings. The number of benzene rings is 1. The van der Waals surface area contributed by atoms with Crippen LogP contribution in [-0.2, 0) is 0 Å². The lowest BCUT2D eigenvalue weighted by atomic mass is 10.0. The Hall–Kier alpha value is -2.77. The van der Waals surface area contributed by atoms with Gasteiger partial charge in [-0.15, -0.1) is 0 Å². The molecule has 0 aliphatic carbocycles. The van der Waals surface area contributed by atoms with Crippen molar-refractivity contribution in [1.29, 1.82) is 0 Å². The lowest BCUT2D eigenvalue weighted by Gasteiger charge is -2.37. The first-order chi connectivity index (χ1) is 13.7. The van der Waals surface area contributed by atoms with Crippen LogP contribution in [0.2, 0.25) is 0 Å². The van der Waals surface area contributed by atoms with Gasteiger partial charge in [-0.2, -0.15) is 0 Å². The van der Waals surface area contributed by atoms with Gasteiger partial charge in [0.2, 0.25) is 0 Å². The average Bonchev–Trinajstić information content (AvgIpc) is 3.12. The van der Waals surface area contributed by atoms with Crippen molar-refractivity contribution in [2.24, 2.45) is 0 Å². The Balaban J connectivity index is 1.53. The van der Waals surface area contributed by atoms with Crippen LogP contribution in [0.15, 0.2) is 18.5 Å². The zero-order chi connectivity index (χ0) is 19.7. The molecule has 150 valence electrons. The number of amides is 2. The Labute approximate surface area is 165 Å². The van der Waals surface area contributed by atoms with Crippen LogP contribution in [0.4, 0.5) is 10.6 Å². The Morgan fingerprint density at radius 2 is 1.75 bits per heavy atom. The van der Waals surface area contributed by atoms with E-state index in [9.17, 15) is 4.79 Å². The fraction of sp³-hybridized carbons (Fsp3) is 0.550. The standard InChI is InChI=1S/C20H27N5O3/c1-4-23-9-10-25(20(23)26)14-5-7-24(8-6-14)19-15-11-17(27-2)18(28-3)12-16(15)21-13-22-19/h11-14H,4-10H2,1-3H3. The van der Waals surface area contributed by atoms with Crippen molar-refractivity contribution in [1.82, 2.24) is 19.8 Å².